The van der Waals surface area contributed by atoms with E-state index in [2.05, 4.69) is 20.6 Å². The Bertz CT molecular complexity index is 1180. The summed E-state index contributed by atoms with van der Waals surface area (Å²) in [6.07, 6.45) is 7.94. The molecule has 1 fully saturated rings. The highest BCUT2D eigenvalue weighted by Crippen LogP contribution is 2.30. The van der Waals surface area contributed by atoms with Crippen molar-refractivity contribution in [2.75, 3.05) is 6.54 Å². The van der Waals surface area contributed by atoms with Crippen molar-refractivity contribution in [1.29, 1.82) is 0 Å². The van der Waals surface area contributed by atoms with E-state index in [0.29, 0.717) is 23.4 Å². The summed E-state index contributed by atoms with van der Waals surface area (Å²) in [4.78, 5) is 32.5. The molecule has 0 unspecified atom stereocenters. The van der Waals surface area contributed by atoms with Gasteiger partial charge in [0.25, 0.3) is 11.8 Å². The highest BCUT2D eigenvalue weighted by molar-refractivity contribution is 5.98. The Morgan fingerprint density at radius 3 is 2.69 bits per heavy atom. The third-order valence-electron chi connectivity index (χ3n) is 6.35. The van der Waals surface area contributed by atoms with Gasteiger partial charge in [0, 0.05) is 47.7 Å². The van der Waals surface area contributed by atoms with E-state index in [1.807, 2.05) is 18.2 Å². The Morgan fingerprint density at radius 1 is 1.06 bits per heavy atom. The fourth-order valence-electron chi connectivity index (χ4n) is 4.60. The fraction of sp³-hybridized carbons (Fsp3) is 0.320. The van der Waals surface area contributed by atoms with Crippen LogP contribution < -0.4 is 10.6 Å². The van der Waals surface area contributed by atoms with Gasteiger partial charge in [-0.25, -0.2) is 0 Å². The number of nitrogens with zero attached hydrogens (tertiary/aromatic N) is 1. The van der Waals surface area contributed by atoms with Crippen LogP contribution in [-0.4, -0.2) is 39.5 Å². The van der Waals surface area contributed by atoms with E-state index in [0.717, 1.165) is 49.1 Å². The van der Waals surface area contributed by atoms with Crippen LogP contribution in [0.2, 0.25) is 0 Å². The molecule has 5 rings (SSSR count). The second kappa shape index (κ2) is 8.49. The molecule has 32 heavy (non-hydrogen) atoms. The lowest BCUT2D eigenvalue weighted by molar-refractivity contribution is 0.0922. The van der Waals surface area contributed by atoms with Crippen LogP contribution in [-0.2, 0) is 6.42 Å². The number of carbonyl (C=O) groups excluding carboxylic acids is 2. The number of hydrogen-bond donors (Lipinski definition) is 4. The number of phenols is 1. The van der Waals surface area contributed by atoms with Gasteiger partial charge in [0.2, 0.25) is 0 Å². The predicted octanol–water partition coefficient (Wildman–Crippen LogP) is 3.80. The van der Waals surface area contributed by atoms with Crippen molar-refractivity contribution in [2.24, 2.45) is 0 Å². The zero-order valence-corrected chi connectivity index (χ0v) is 17.8. The maximum Gasteiger partial charge on any atom is 0.255 e. The first kappa shape index (κ1) is 20.3. The highest BCUT2D eigenvalue weighted by atomic mass is 16.3. The summed E-state index contributed by atoms with van der Waals surface area (Å²) >= 11 is 0. The Hall–Kier alpha value is -3.61. The number of aromatic amines is 1. The number of rotatable bonds is 4. The number of carbonyl (C=O) groups is 2. The maximum absolute atomic E-state index is 12.6. The van der Waals surface area contributed by atoms with E-state index in [-0.39, 0.29) is 29.2 Å². The normalized spacial score (nSPS) is 16.3. The van der Waals surface area contributed by atoms with Crippen LogP contribution in [0, 0.1) is 0 Å². The van der Waals surface area contributed by atoms with Gasteiger partial charge in [-0.05, 0) is 43.2 Å². The van der Waals surface area contributed by atoms with Crippen molar-refractivity contribution in [3.05, 3.63) is 59.4 Å². The number of amides is 2. The van der Waals surface area contributed by atoms with E-state index in [9.17, 15) is 14.7 Å². The monoisotopic (exact) mass is 430 g/mol. The predicted molar refractivity (Wildman–Crippen MR) is 122 cm³/mol. The number of benzene rings is 1. The average Bonchev–Trinajstić information content (AvgIpc) is 3.26. The summed E-state index contributed by atoms with van der Waals surface area (Å²) in [7, 11) is 0. The minimum atomic E-state index is -0.238. The van der Waals surface area contributed by atoms with Crippen molar-refractivity contribution in [3.8, 4) is 28.3 Å². The van der Waals surface area contributed by atoms with Crippen LogP contribution in [0.5, 0.6) is 5.75 Å². The molecule has 7 heteroatoms. The Balaban J connectivity index is 1.38. The Labute approximate surface area is 186 Å². The third kappa shape index (κ3) is 3.98. The number of fused-ring (bicyclic) bond motifs is 1. The number of nitrogens with one attached hydrogen (secondary N) is 3. The first-order chi connectivity index (χ1) is 15.6. The minimum absolute atomic E-state index is 0.0601. The topological polar surface area (TPSA) is 107 Å². The van der Waals surface area contributed by atoms with E-state index < -0.39 is 0 Å². The number of aromatic hydroxyl groups is 1. The van der Waals surface area contributed by atoms with Crippen LogP contribution in [0.15, 0.2) is 42.6 Å². The minimum Gasteiger partial charge on any atom is -0.507 e. The molecule has 2 aliphatic rings. The molecule has 164 valence electrons. The lowest BCUT2D eigenvalue weighted by atomic mass is 9.95. The van der Waals surface area contributed by atoms with E-state index in [4.69, 9.17) is 0 Å². The fourth-order valence-corrected chi connectivity index (χ4v) is 4.60. The number of pyridine rings is 1. The molecule has 1 aliphatic carbocycles. The van der Waals surface area contributed by atoms with Gasteiger partial charge in [0.1, 0.15) is 5.75 Å². The molecule has 0 atom stereocenters. The second-order valence-corrected chi connectivity index (χ2v) is 8.55. The largest absolute Gasteiger partial charge is 0.507 e. The molecule has 1 saturated carbocycles. The molecular weight excluding hydrogens is 404 g/mol. The van der Waals surface area contributed by atoms with Crippen LogP contribution in [0.1, 0.15) is 58.5 Å². The van der Waals surface area contributed by atoms with Crippen molar-refractivity contribution >= 4 is 11.8 Å². The summed E-state index contributed by atoms with van der Waals surface area (Å²) in [6, 6.07) is 10.9. The van der Waals surface area contributed by atoms with Gasteiger partial charge in [0.05, 0.1) is 16.8 Å². The summed E-state index contributed by atoms with van der Waals surface area (Å²) < 4.78 is 0. The standard InChI is InChI=1S/C25H26N4O3/c30-23-13-15(6-7-18(23)25(32)28-17-4-2-1-3-5-17)21-12-16(8-10-26-21)22-14-19-20(29-22)9-11-27-24(19)31/h6-8,10,12-14,17,29-30H,1-5,9,11H2,(H,27,31)(H,28,32). The van der Waals surface area contributed by atoms with Gasteiger partial charge in [-0.15, -0.1) is 0 Å². The third-order valence-corrected chi connectivity index (χ3v) is 6.35. The number of H-pyrrole nitrogens is 1. The summed E-state index contributed by atoms with van der Waals surface area (Å²) in [6.45, 7) is 0.632. The SMILES string of the molecule is O=C(NC1CCCCC1)c1ccc(-c2cc(-c3cc4c([nH]3)CCNC4=O)ccn2)cc1O. The molecule has 0 radical (unpaired) electrons. The smallest absolute Gasteiger partial charge is 0.255 e. The first-order valence-corrected chi connectivity index (χ1v) is 11.2. The Kier molecular flexibility index (Phi) is 5.39. The quantitative estimate of drug-likeness (QED) is 0.505. The van der Waals surface area contributed by atoms with Crippen LogP contribution in [0.4, 0.5) is 0 Å². The number of aromatic nitrogens is 2. The van der Waals surface area contributed by atoms with Crippen molar-refractivity contribution in [2.45, 2.75) is 44.6 Å². The summed E-state index contributed by atoms with van der Waals surface area (Å²) in [5.74, 6) is -0.358. The molecule has 0 saturated heterocycles. The zero-order valence-electron chi connectivity index (χ0n) is 17.8. The van der Waals surface area contributed by atoms with Crippen molar-refractivity contribution in [3.63, 3.8) is 0 Å². The molecule has 7 nitrogen and oxygen atoms in total. The lowest BCUT2D eigenvalue weighted by Gasteiger charge is -2.23. The van der Waals surface area contributed by atoms with Gasteiger partial charge in [-0.1, -0.05) is 25.3 Å². The molecule has 1 aromatic carbocycles. The van der Waals surface area contributed by atoms with Crippen molar-refractivity contribution < 1.29 is 14.7 Å². The second-order valence-electron chi connectivity index (χ2n) is 8.55. The van der Waals surface area contributed by atoms with E-state index >= 15 is 0 Å². The number of phenolic OH excluding ortho intramolecular Hbond substituents is 1. The van der Waals surface area contributed by atoms with Crippen LogP contribution in [0.25, 0.3) is 22.5 Å². The van der Waals surface area contributed by atoms with Crippen molar-refractivity contribution in [1.82, 2.24) is 20.6 Å². The molecule has 3 aromatic rings. The first-order valence-electron chi connectivity index (χ1n) is 11.2. The molecule has 0 spiro atoms. The van der Waals surface area contributed by atoms with Gasteiger partial charge >= 0.3 is 0 Å². The molecular formula is C25H26N4O3. The van der Waals surface area contributed by atoms with Crippen LogP contribution >= 0.6 is 0 Å². The molecule has 3 heterocycles. The molecule has 2 amide bonds. The van der Waals surface area contributed by atoms with E-state index in [1.165, 1.54) is 6.42 Å². The Morgan fingerprint density at radius 2 is 1.91 bits per heavy atom. The molecule has 4 N–H and O–H groups in total. The summed E-state index contributed by atoms with van der Waals surface area (Å²) in [5.41, 5.74) is 5.03. The molecule has 2 aromatic heterocycles. The number of hydrogen-bond acceptors (Lipinski definition) is 4. The maximum atomic E-state index is 12.6. The van der Waals surface area contributed by atoms with Gasteiger partial charge in [-0.2, -0.15) is 0 Å². The van der Waals surface area contributed by atoms with Gasteiger partial charge in [0.15, 0.2) is 0 Å². The average molecular weight is 431 g/mol. The molecule has 0 bridgehead atoms. The van der Waals surface area contributed by atoms with Gasteiger partial charge in [-0.3, -0.25) is 14.6 Å². The van der Waals surface area contributed by atoms with Gasteiger partial charge < -0.3 is 20.7 Å². The lowest BCUT2D eigenvalue weighted by Crippen LogP contribution is -2.36. The zero-order chi connectivity index (χ0) is 22.1. The molecule has 1 aliphatic heterocycles. The highest BCUT2D eigenvalue weighted by Gasteiger charge is 2.21. The van der Waals surface area contributed by atoms with E-state index in [1.54, 1.807) is 24.4 Å². The summed E-state index contributed by atoms with van der Waals surface area (Å²) in [5, 5.41) is 16.4. The van der Waals surface area contributed by atoms with Crippen LogP contribution in [0.3, 0.4) is 0 Å².